The van der Waals surface area contributed by atoms with Gasteiger partial charge in [0.25, 0.3) is 0 Å². The predicted molar refractivity (Wildman–Crippen MR) is 95.7 cm³/mol. The zero-order valence-corrected chi connectivity index (χ0v) is 15.4. The minimum atomic E-state index is -1.02. The van der Waals surface area contributed by atoms with Crippen LogP contribution >= 0.6 is 0 Å². The number of likely N-dealkylation sites (tertiary alicyclic amines) is 1. The molecule has 2 amide bonds. The summed E-state index contributed by atoms with van der Waals surface area (Å²) >= 11 is 0. The number of hydrogen-bond donors (Lipinski definition) is 2. The molecule has 7 heteroatoms. The molecule has 0 unspecified atom stereocenters. The number of nitrogens with zero attached hydrogens (tertiary/aromatic N) is 1. The van der Waals surface area contributed by atoms with Gasteiger partial charge in [0.2, 0.25) is 5.91 Å². The number of carbonyl (C=O) groups is 3. The third-order valence-corrected chi connectivity index (χ3v) is 4.09. The molecular weight excluding hydrogens is 336 g/mol. The summed E-state index contributed by atoms with van der Waals surface area (Å²) in [5, 5.41) is 11.9. The average Bonchev–Trinajstić information content (AvgIpc) is 3.02. The van der Waals surface area contributed by atoms with Crippen molar-refractivity contribution in [3.63, 3.8) is 0 Å². The third-order valence-electron chi connectivity index (χ3n) is 4.09. The Labute approximate surface area is 153 Å². The molecule has 7 nitrogen and oxygen atoms in total. The zero-order valence-electron chi connectivity index (χ0n) is 15.4. The molecule has 1 aliphatic heterocycles. The second-order valence-electron chi connectivity index (χ2n) is 7.42. The minimum absolute atomic E-state index is 0.266. The summed E-state index contributed by atoms with van der Waals surface area (Å²) in [6.07, 6.45) is 0.624. The van der Waals surface area contributed by atoms with E-state index in [1.165, 1.54) is 4.90 Å². The summed E-state index contributed by atoms with van der Waals surface area (Å²) < 4.78 is 5.26. The van der Waals surface area contributed by atoms with E-state index in [-0.39, 0.29) is 6.42 Å². The molecule has 0 spiro atoms. The number of carbonyl (C=O) groups excluding carboxylic acids is 2. The van der Waals surface area contributed by atoms with Crippen molar-refractivity contribution in [3.8, 4) is 0 Å². The number of hydrogen-bond acceptors (Lipinski definition) is 4. The second-order valence-corrected chi connectivity index (χ2v) is 7.42. The molecule has 1 saturated heterocycles. The van der Waals surface area contributed by atoms with Crippen LogP contribution in [0.25, 0.3) is 0 Å². The van der Waals surface area contributed by atoms with E-state index in [9.17, 15) is 19.5 Å². The first-order valence-electron chi connectivity index (χ1n) is 8.74. The maximum absolute atomic E-state index is 13.0. The summed E-state index contributed by atoms with van der Waals surface area (Å²) in [5.41, 5.74) is 0.176. The molecule has 0 radical (unpaired) electrons. The van der Waals surface area contributed by atoms with Crippen molar-refractivity contribution in [1.29, 1.82) is 0 Å². The van der Waals surface area contributed by atoms with Gasteiger partial charge in [0, 0.05) is 13.0 Å². The van der Waals surface area contributed by atoms with Crippen LogP contribution in [0.5, 0.6) is 0 Å². The Morgan fingerprint density at radius 3 is 2.50 bits per heavy atom. The molecule has 142 valence electrons. The quantitative estimate of drug-likeness (QED) is 0.837. The van der Waals surface area contributed by atoms with Crippen molar-refractivity contribution < 1.29 is 24.2 Å². The fourth-order valence-electron chi connectivity index (χ4n) is 2.99. The number of benzene rings is 1. The number of carboxylic acid groups (broad SMARTS) is 1. The molecule has 1 fully saturated rings. The molecule has 2 rings (SSSR count). The van der Waals surface area contributed by atoms with Crippen LogP contribution in [0.2, 0.25) is 0 Å². The highest BCUT2D eigenvalue weighted by Crippen LogP contribution is 2.20. The normalized spacial score (nSPS) is 18.3. The van der Waals surface area contributed by atoms with Crippen molar-refractivity contribution in [1.82, 2.24) is 10.2 Å². The van der Waals surface area contributed by atoms with Gasteiger partial charge >= 0.3 is 12.1 Å². The van der Waals surface area contributed by atoms with Crippen molar-refractivity contribution in [2.24, 2.45) is 0 Å². The Bertz CT molecular complexity index is 654. The van der Waals surface area contributed by atoms with Crippen LogP contribution < -0.4 is 5.32 Å². The van der Waals surface area contributed by atoms with Crippen molar-refractivity contribution in [2.45, 2.75) is 57.7 Å². The lowest BCUT2D eigenvalue weighted by Crippen LogP contribution is -2.53. The van der Waals surface area contributed by atoms with Crippen molar-refractivity contribution in [2.75, 3.05) is 6.54 Å². The van der Waals surface area contributed by atoms with Gasteiger partial charge in [0.05, 0.1) is 0 Å². The standard InChI is InChI=1S/C19H26N2O5/c1-19(2,3)26-18(25)20-14(12-13-8-5-4-6-9-13)16(22)21-11-7-10-15(21)17(23)24/h4-6,8-9,14-15H,7,10-12H2,1-3H3,(H,20,25)(H,23,24)/t14-,15-/m1/s1. The Morgan fingerprint density at radius 1 is 1.27 bits per heavy atom. The zero-order chi connectivity index (χ0) is 19.3. The topological polar surface area (TPSA) is 95.9 Å². The van der Waals surface area contributed by atoms with Crippen LogP contribution in [-0.4, -0.2) is 52.2 Å². The van der Waals surface area contributed by atoms with Gasteiger partial charge in [0.1, 0.15) is 17.7 Å². The Balaban J connectivity index is 2.17. The monoisotopic (exact) mass is 362 g/mol. The molecule has 0 saturated carbocycles. The smallest absolute Gasteiger partial charge is 0.408 e. The Hall–Kier alpha value is -2.57. The molecule has 26 heavy (non-hydrogen) atoms. The number of nitrogens with one attached hydrogen (secondary N) is 1. The van der Waals surface area contributed by atoms with Crippen LogP contribution in [0.1, 0.15) is 39.2 Å². The minimum Gasteiger partial charge on any atom is -0.480 e. The van der Waals surface area contributed by atoms with E-state index in [1.807, 2.05) is 30.3 Å². The Morgan fingerprint density at radius 2 is 1.92 bits per heavy atom. The van der Waals surface area contributed by atoms with Gasteiger partial charge < -0.3 is 20.1 Å². The van der Waals surface area contributed by atoms with Gasteiger partial charge in [-0.2, -0.15) is 0 Å². The molecule has 1 aromatic rings. The third kappa shape index (κ3) is 5.47. The van der Waals surface area contributed by atoms with Crippen LogP contribution in [-0.2, 0) is 20.7 Å². The van der Waals surface area contributed by atoms with Crippen LogP contribution in [0.15, 0.2) is 30.3 Å². The van der Waals surface area contributed by atoms with Gasteiger partial charge in [0.15, 0.2) is 0 Å². The van der Waals surface area contributed by atoms with Crippen LogP contribution in [0.3, 0.4) is 0 Å². The summed E-state index contributed by atoms with van der Waals surface area (Å²) in [7, 11) is 0. The fraction of sp³-hybridized carbons (Fsp3) is 0.526. The fourth-order valence-corrected chi connectivity index (χ4v) is 2.99. The lowest BCUT2D eigenvalue weighted by atomic mass is 10.0. The molecule has 2 N–H and O–H groups in total. The SMILES string of the molecule is CC(C)(C)OC(=O)N[C@H](Cc1ccccc1)C(=O)N1CCC[C@@H]1C(=O)O. The molecule has 0 aromatic heterocycles. The van der Waals surface area contributed by atoms with Gasteiger partial charge in [-0.1, -0.05) is 30.3 Å². The van der Waals surface area contributed by atoms with Crippen molar-refractivity contribution >= 4 is 18.0 Å². The molecule has 1 aliphatic rings. The number of amides is 2. The lowest BCUT2D eigenvalue weighted by Gasteiger charge is -2.28. The van der Waals surface area contributed by atoms with Gasteiger partial charge in [-0.3, -0.25) is 4.79 Å². The molecule has 2 atom stereocenters. The van der Waals surface area contributed by atoms with Crippen molar-refractivity contribution in [3.05, 3.63) is 35.9 Å². The first-order valence-corrected chi connectivity index (χ1v) is 8.74. The first kappa shape index (κ1) is 19.8. The summed E-state index contributed by atoms with van der Waals surface area (Å²) in [6, 6.07) is 7.54. The average molecular weight is 362 g/mol. The summed E-state index contributed by atoms with van der Waals surface area (Å²) in [4.78, 5) is 37.9. The van der Waals surface area contributed by atoms with Gasteiger partial charge in [-0.25, -0.2) is 9.59 Å². The van der Waals surface area contributed by atoms with E-state index in [1.54, 1.807) is 20.8 Å². The Kier molecular flexibility index (Phi) is 6.23. The van der Waals surface area contributed by atoms with E-state index in [0.29, 0.717) is 19.4 Å². The van der Waals surface area contributed by atoms with Crippen LogP contribution in [0.4, 0.5) is 4.79 Å². The van der Waals surface area contributed by atoms with E-state index in [4.69, 9.17) is 4.74 Å². The van der Waals surface area contributed by atoms with Crippen LogP contribution in [0, 0.1) is 0 Å². The summed E-state index contributed by atoms with van der Waals surface area (Å²) in [5.74, 6) is -1.42. The van der Waals surface area contributed by atoms with E-state index in [0.717, 1.165) is 5.56 Å². The summed E-state index contributed by atoms with van der Waals surface area (Å²) in [6.45, 7) is 5.59. The number of ether oxygens (including phenoxy) is 1. The predicted octanol–water partition coefficient (Wildman–Crippen LogP) is 2.20. The maximum atomic E-state index is 13.0. The largest absolute Gasteiger partial charge is 0.480 e. The van der Waals surface area contributed by atoms with Gasteiger partial charge in [-0.05, 0) is 39.2 Å². The highest BCUT2D eigenvalue weighted by atomic mass is 16.6. The highest BCUT2D eigenvalue weighted by molar-refractivity contribution is 5.90. The lowest BCUT2D eigenvalue weighted by molar-refractivity contribution is -0.149. The number of rotatable bonds is 5. The molecule has 0 bridgehead atoms. The van der Waals surface area contributed by atoms with E-state index < -0.39 is 35.7 Å². The second kappa shape index (κ2) is 8.21. The highest BCUT2D eigenvalue weighted by Gasteiger charge is 2.38. The van der Waals surface area contributed by atoms with E-state index >= 15 is 0 Å². The maximum Gasteiger partial charge on any atom is 0.408 e. The first-order chi connectivity index (χ1) is 12.2. The van der Waals surface area contributed by atoms with Gasteiger partial charge in [-0.15, -0.1) is 0 Å². The number of aliphatic carboxylic acids is 1. The molecule has 1 heterocycles. The molecule has 1 aromatic carbocycles. The number of carboxylic acids is 1. The van der Waals surface area contributed by atoms with E-state index in [2.05, 4.69) is 5.32 Å². The number of alkyl carbamates (subject to hydrolysis) is 1. The molecular formula is C19H26N2O5. The molecule has 0 aliphatic carbocycles.